The fraction of sp³-hybridized carbons (Fsp3) is 0.0625. The second kappa shape index (κ2) is 5.09. The second-order valence-corrected chi connectivity index (χ2v) is 4.51. The van der Waals surface area contributed by atoms with Crippen molar-refractivity contribution in [3.63, 3.8) is 0 Å². The molecule has 1 heterocycles. The van der Waals surface area contributed by atoms with Crippen LogP contribution < -0.4 is 4.74 Å². The summed E-state index contributed by atoms with van der Waals surface area (Å²) in [6.45, 7) is 2.03. The summed E-state index contributed by atoms with van der Waals surface area (Å²) in [5.74, 6) is 1.38. The van der Waals surface area contributed by atoms with Crippen LogP contribution in [0.5, 0.6) is 17.2 Å². The van der Waals surface area contributed by atoms with Gasteiger partial charge in [0.25, 0.3) is 0 Å². The van der Waals surface area contributed by atoms with Gasteiger partial charge in [-0.2, -0.15) is 5.10 Å². The molecule has 3 rings (SSSR count). The maximum Gasteiger partial charge on any atom is 0.165 e. The minimum Gasteiger partial charge on any atom is -0.508 e. The molecule has 0 spiro atoms. The highest BCUT2D eigenvalue weighted by molar-refractivity contribution is 5.41. The average molecular weight is 266 g/mol. The topological polar surface area (TPSA) is 47.3 Å². The van der Waals surface area contributed by atoms with E-state index in [0.29, 0.717) is 11.5 Å². The summed E-state index contributed by atoms with van der Waals surface area (Å²) < 4.78 is 7.43. The van der Waals surface area contributed by atoms with Crippen molar-refractivity contribution in [3.8, 4) is 22.9 Å². The van der Waals surface area contributed by atoms with Gasteiger partial charge in [-0.1, -0.05) is 24.3 Å². The van der Waals surface area contributed by atoms with Crippen molar-refractivity contribution in [3.05, 3.63) is 66.5 Å². The third-order valence-electron chi connectivity index (χ3n) is 2.97. The van der Waals surface area contributed by atoms with Crippen LogP contribution in [0.3, 0.4) is 0 Å². The number of hydrogen-bond acceptors (Lipinski definition) is 3. The van der Waals surface area contributed by atoms with E-state index in [1.807, 2.05) is 37.4 Å². The first-order chi connectivity index (χ1) is 9.72. The molecule has 4 heteroatoms. The van der Waals surface area contributed by atoms with Gasteiger partial charge in [0.05, 0.1) is 18.1 Å². The Morgan fingerprint density at radius 1 is 1.05 bits per heavy atom. The fourth-order valence-corrected chi connectivity index (χ4v) is 1.99. The Labute approximate surface area is 116 Å². The number of nitrogens with zero attached hydrogens (tertiary/aromatic N) is 2. The third-order valence-corrected chi connectivity index (χ3v) is 2.97. The molecule has 4 nitrogen and oxygen atoms in total. The fourth-order valence-electron chi connectivity index (χ4n) is 1.99. The van der Waals surface area contributed by atoms with Crippen LogP contribution in [0.4, 0.5) is 0 Å². The standard InChI is InChI=1S/C16H14N2O2/c1-12-5-2-3-8-16(12)18-11-15(10-17-18)20-14-7-4-6-13(19)9-14/h2-11,19H,1H3. The van der Waals surface area contributed by atoms with E-state index in [1.54, 1.807) is 35.1 Å². The van der Waals surface area contributed by atoms with Crippen molar-refractivity contribution in [2.75, 3.05) is 0 Å². The van der Waals surface area contributed by atoms with Crippen LogP contribution in [-0.2, 0) is 0 Å². The van der Waals surface area contributed by atoms with Gasteiger partial charge in [-0.3, -0.25) is 0 Å². The minimum atomic E-state index is 0.175. The number of ether oxygens (including phenoxy) is 1. The molecular weight excluding hydrogens is 252 g/mol. The van der Waals surface area contributed by atoms with Crippen molar-refractivity contribution in [1.29, 1.82) is 0 Å². The SMILES string of the molecule is Cc1ccccc1-n1cc(Oc2cccc(O)c2)cn1. The van der Waals surface area contributed by atoms with Crippen LogP contribution >= 0.6 is 0 Å². The first-order valence-corrected chi connectivity index (χ1v) is 6.30. The molecule has 0 aliphatic carbocycles. The van der Waals surface area contributed by atoms with Crippen LogP contribution in [0.2, 0.25) is 0 Å². The van der Waals surface area contributed by atoms with E-state index in [4.69, 9.17) is 4.74 Å². The van der Waals surface area contributed by atoms with Gasteiger partial charge in [0.15, 0.2) is 5.75 Å². The molecule has 0 fully saturated rings. The van der Waals surface area contributed by atoms with Crippen LogP contribution in [-0.4, -0.2) is 14.9 Å². The molecule has 0 aliphatic rings. The lowest BCUT2D eigenvalue weighted by atomic mass is 10.2. The first-order valence-electron chi connectivity index (χ1n) is 6.30. The largest absolute Gasteiger partial charge is 0.508 e. The molecule has 20 heavy (non-hydrogen) atoms. The summed E-state index contributed by atoms with van der Waals surface area (Å²) >= 11 is 0. The smallest absolute Gasteiger partial charge is 0.165 e. The molecule has 1 aromatic heterocycles. The zero-order valence-electron chi connectivity index (χ0n) is 11.0. The Morgan fingerprint density at radius 2 is 1.90 bits per heavy atom. The van der Waals surface area contributed by atoms with Gasteiger partial charge in [0.1, 0.15) is 11.5 Å². The highest BCUT2D eigenvalue weighted by Gasteiger charge is 2.05. The van der Waals surface area contributed by atoms with Crippen LogP contribution in [0.15, 0.2) is 60.9 Å². The van der Waals surface area contributed by atoms with Crippen molar-refractivity contribution >= 4 is 0 Å². The Kier molecular flexibility index (Phi) is 3.13. The number of rotatable bonds is 3. The van der Waals surface area contributed by atoms with Gasteiger partial charge < -0.3 is 9.84 Å². The molecule has 0 aliphatic heterocycles. The van der Waals surface area contributed by atoms with Crippen LogP contribution in [0, 0.1) is 6.92 Å². The molecule has 1 N–H and O–H groups in total. The number of hydrogen-bond donors (Lipinski definition) is 1. The Hall–Kier alpha value is -2.75. The van der Waals surface area contributed by atoms with Gasteiger partial charge >= 0.3 is 0 Å². The first kappa shape index (κ1) is 12.3. The lowest BCUT2D eigenvalue weighted by molar-refractivity contribution is 0.455. The second-order valence-electron chi connectivity index (χ2n) is 4.51. The van der Waals surface area contributed by atoms with E-state index >= 15 is 0 Å². The molecular formula is C16H14N2O2. The number of phenols is 1. The molecule has 0 amide bonds. The van der Waals surface area contributed by atoms with E-state index in [0.717, 1.165) is 11.3 Å². The molecule has 0 bridgehead atoms. The molecule has 0 radical (unpaired) electrons. The Morgan fingerprint density at radius 3 is 2.70 bits per heavy atom. The number of aromatic nitrogens is 2. The zero-order valence-corrected chi connectivity index (χ0v) is 11.0. The predicted molar refractivity (Wildman–Crippen MR) is 76.5 cm³/mol. The van der Waals surface area contributed by atoms with Crippen molar-refractivity contribution < 1.29 is 9.84 Å². The molecule has 2 aromatic carbocycles. The third kappa shape index (κ3) is 2.49. The minimum absolute atomic E-state index is 0.175. The normalized spacial score (nSPS) is 10.4. The monoisotopic (exact) mass is 266 g/mol. The van der Waals surface area contributed by atoms with Gasteiger partial charge in [-0.15, -0.1) is 0 Å². The highest BCUT2D eigenvalue weighted by Crippen LogP contribution is 2.25. The maximum absolute atomic E-state index is 9.41. The predicted octanol–water partition coefficient (Wildman–Crippen LogP) is 3.68. The average Bonchev–Trinajstić information content (AvgIpc) is 2.87. The zero-order chi connectivity index (χ0) is 13.9. The summed E-state index contributed by atoms with van der Waals surface area (Å²) in [4.78, 5) is 0. The summed E-state index contributed by atoms with van der Waals surface area (Å²) in [6.07, 6.45) is 3.46. The van der Waals surface area contributed by atoms with Gasteiger partial charge in [0, 0.05) is 6.07 Å². The molecule has 0 atom stereocenters. The van der Waals surface area contributed by atoms with E-state index < -0.39 is 0 Å². The summed E-state index contributed by atoms with van der Waals surface area (Å²) in [5, 5.41) is 13.7. The quantitative estimate of drug-likeness (QED) is 0.786. The Balaban J connectivity index is 1.86. The number of aryl methyl sites for hydroxylation is 1. The summed E-state index contributed by atoms with van der Waals surface area (Å²) in [6, 6.07) is 14.7. The van der Waals surface area contributed by atoms with Crippen molar-refractivity contribution in [2.24, 2.45) is 0 Å². The van der Waals surface area contributed by atoms with E-state index in [9.17, 15) is 5.11 Å². The van der Waals surface area contributed by atoms with Crippen molar-refractivity contribution in [2.45, 2.75) is 6.92 Å². The van der Waals surface area contributed by atoms with E-state index in [1.165, 1.54) is 0 Å². The van der Waals surface area contributed by atoms with Crippen LogP contribution in [0.1, 0.15) is 5.56 Å². The Bertz CT molecular complexity index is 735. The highest BCUT2D eigenvalue weighted by atomic mass is 16.5. The number of aromatic hydroxyl groups is 1. The van der Waals surface area contributed by atoms with E-state index in [-0.39, 0.29) is 5.75 Å². The van der Waals surface area contributed by atoms with Gasteiger partial charge in [-0.05, 0) is 30.7 Å². The maximum atomic E-state index is 9.41. The molecule has 0 unspecified atom stereocenters. The molecule has 0 saturated carbocycles. The van der Waals surface area contributed by atoms with Crippen molar-refractivity contribution in [1.82, 2.24) is 9.78 Å². The lowest BCUT2D eigenvalue weighted by Gasteiger charge is -2.05. The summed E-state index contributed by atoms with van der Waals surface area (Å²) in [5.41, 5.74) is 2.15. The number of phenolic OH excluding ortho intramolecular Hbond substituents is 1. The molecule has 3 aromatic rings. The molecule has 100 valence electrons. The molecule has 0 saturated heterocycles. The number of benzene rings is 2. The van der Waals surface area contributed by atoms with Gasteiger partial charge in [-0.25, -0.2) is 4.68 Å². The van der Waals surface area contributed by atoms with Crippen LogP contribution in [0.25, 0.3) is 5.69 Å². The number of para-hydroxylation sites is 1. The van der Waals surface area contributed by atoms with E-state index in [2.05, 4.69) is 5.10 Å². The lowest BCUT2D eigenvalue weighted by Crippen LogP contribution is -1.96. The van der Waals surface area contributed by atoms with Gasteiger partial charge in [0.2, 0.25) is 0 Å². The summed E-state index contributed by atoms with van der Waals surface area (Å²) in [7, 11) is 0.